The van der Waals surface area contributed by atoms with Gasteiger partial charge < -0.3 is 19.7 Å². The van der Waals surface area contributed by atoms with Gasteiger partial charge in [0.15, 0.2) is 5.69 Å². The maximum absolute atomic E-state index is 11.0. The first kappa shape index (κ1) is 20.6. The van der Waals surface area contributed by atoms with E-state index in [0.29, 0.717) is 18.0 Å². The molecule has 31 heavy (non-hydrogen) atoms. The van der Waals surface area contributed by atoms with Gasteiger partial charge in [-0.3, -0.25) is 0 Å². The lowest BCUT2D eigenvalue weighted by atomic mass is 10.1. The molecule has 0 radical (unpaired) electrons. The minimum Gasteiger partial charge on any atom is -0.497 e. The molecule has 0 aliphatic heterocycles. The topological polar surface area (TPSA) is 71.1 Å². The second-order valence-corrected chi connectivity index (χ2v) is 7.45. The molecular formula is C24H22N4O2S. The van der Waals surface area contributed by atoms with Crippen LogP contribution in [0.5, 0.6) is 11.6 Å². The van der Waals surface area contributed by atoms with Crippen LogP contribution < -0.4 is 10.1 Å². The van der Waals surface area contributed by atoms with Crippen LogP contribution in [0.25, 0.3) is 10.9 Å². The Kier molecular flexibility index (Phi) is 5.95. The molecule has 6 nitrogen and oxygen atoms in total. The van der Waals surface area contributed by atoms with Gasteiger partial charge >= 0.3 is 0 Å². The SMILES string of the molecule is COc1cccc(NC(=S)N=Nc2c(O)n(Cc3ccccc3C)c3ccccc23)c1. The molecule has 0 fully saturated rings. The Labute approximate surface area is 185 Å². The third kappa shape index (κ3) is 4.41. The molecule has 3 aromatic carbocycles. The Morgan fingerprint density at radius 1 is 1.06 bits per heavy atom. The van der Waals surface area contributed by atoms with Crippen molar-refractivity contribution in [2.45, 2.75) is 13.5 Å². The molecule has 0 unspecified atom stereocenters. The summed E-state index contributed by atoms with van der Waals surface area (Å²) in [5.74, 6) is 0.763. The summed E-state index contributed by atoms with van der Waals surface area (Å²) in [6, 6.07) is 23.2. The van der Waals surface area contributed by atoms with E-state index in [9.17, 15) is 5.11 Å². The summed E-state index contributed by atoms with van der Waals surface area (Å²) < 4.78 is 7.05. The van der Waals surface area contributed by atoms with E-state index < -0.39 is 0 Å². The molecule has 2 N–H and O–H groups in total. The summed E-state index contributed by atoms with van der Waals surface area (Å²) in [5, 5.41) is 23.4. The number of nitrogens with zero attached hydrogens (tertiary/aromatic N) is 3. The molecule has 0 aliphatic rings. The number of aromatic hydroxyl groups is 1. The van der Waals surface area contributed by atoms with E-state index in [1.807, 2.05) is 65.2 Å². The van der Waals surface area contributed by atoms with E-state index in [1.54, 1.807) is 7.11 Å². The zero-order valence-corrected chi connectivity index (χ0v) is 18.1. The van der Waals surface area contributed by atoms with Gasteiger partial charge in [0, 0.05) is 17.1 Å². The number of hydrogen-bond donors (Lipinski definition) is 2. The van der Waals surface area contributed by atoms with Crippen molar-refractivity contribution in [3.05, 3.63) is 83.9 Å². The van der Waals surface area contributed by atoms with Crippen molar-refractivity contribution in [1.29, 1.82) is 0 Å². The first-order chi connectivity index (χ1) is 15.1. The number of hydrogen-bond acceptors (Lipinski definition) is 4. The highest BCUT2D eigenvalue weighted by Crippen LogP contribution is 2.39. The number of rotatable bonds is 5. The normalized spacial score (nSPS) is 11.2. The molecule has 1 heterocycles. The maximum Gasteiger partial charge on any atom is 0.221 e. The minimum atomic E-state index is 0.0531. The van der Waals surface area contributed by atoms with Crippen LogP contribution in [0.2, 0.25) is 0 Å². The average molecular weight is 431 g/mol. The van der Waals surface area contributed by atoms with Crippen LogP contribution in [-0.2, 0) is 6.54 Å². The van der Waals surface area contributed by atoms with Gasteiger partial charge in [-0.2, -0.15) is 0 Å². The van der Waals surface area contributed by atoms with Crippen molar-refractivity contribution in [3.63, 3.8) is 0 Å². The van der Waals surface area contributed by atoms with Crippen molar-refractivity contribution >= 4 is 39.6 Å². The molecule has 4 aromatic rings. The molecule has 1 aromatic heterocycles. The van der Waals surface area contributed by atoms with Crippen LogP contribution >= 0.6 is 12.2 Å². The van der Waals surface area contributed by atoms with Gasteiger partial charge in [-0.05, 0) is 48.5 Å². The number of para-hydroxylation sites is 1. The lowest BCUT2D eigenvalue weighted by molar-refractivity contribution is 0.415. The number of benzene rings is 3. The lowest BCUT2D eigenvalue weighted by Gasteiger charge is -2.09. The van der Waals surface area contributed by atoms with Crippen LogP contribution in [0.4, 0.5) is 11.4 Å². The van der Waals surface area contributed by atoms with E-state index in [-0.39, 0.29) is 11.0 Å². The van der Waals surface area contributed by atoms with Gasteiger partial charge in [0.05, 0.1) is 19.2 Å². The van der Waals surface area contributed by atoms with Crippen LogP contribution in [0.15, 0.2) is 83.0 Å². The lowest BCUT2D eigenvalue weighted by Crippen LogP contribution is -2.04. The predicted octanol–water partition coefficient (Wildman–Crippen LogP) is 6.19. The van der Waals surface area contributed by atoms with Crippen LogP contribution in [-0.4, -0.2) is 21.9 Å². The highest BCUT2D eigenvalue weighted by Gasteiger charge is 2.17. The fourth-order valence-electron chi connectivity index (χ4n) is 3.43. The second kappa shape index (κ2) is 8.97. The van der Waals surface area contributed by atoms with Gasteiger partial charge in [0.25, 0.3) is 0 Å². The standard InChI is InChI=1S/C24H22N4O2S/c1-16-8-3-4-9-17(16)15-28-21-13-6-5-12-20(21)22(23(28)29)26-27-24(31)25-18-10-7-11-19(14-18)30-2/h3-14,29H,15H2,1-2H3,(H,25,31). The largest absolute Gasteiger partial charge is 0.497 e. The van der Waals surface area contributed by atoms with E-state index in [0.717, 1.165) is 27.7 Å². The van der Waals surface area contributed by atoms with E-state index in [4.69, 9.17) is 17.0 Å². The monoisotopic (exact) mass is 430 g/mol. The number of azo groups is 1. The van der Waals surface area contributed by atoms with Gasteiger partial charge in [-0.25, -0.2) is 0 Å². The van der Waals surface area contributed by atoms with Gasteiger partial charge in [0.1, 0.15) is 5.75 Å². The smallest absolute Gasteiger partial charge is 0.221 e. The Bertz CT molecular complexity index is 1280. The van der Waals surface area contributed by atoms with Crippen LogP contribution in [0.1, 0.15) is 11.1 Å². The fourth-order valence-corrected chi connectivity index (χ4v) is 3.59. The Hall–Kier alpha value is -3.71. The number of anilines is 1. The molecule has 0 bridgehead atoms. The molecule has 156 valence electrons. The van der Waals surface area contributed by atoms with Crippen molar-refractivity contribution in [3.8, 4) is 11.6 Å². The van der Waals surface area contributed by atoms with Gasteiger partial charge in [0.2, 0.25) is 11.0 Å². The van der Waals surface area contributed by atoms with Gasteiger partial charge in [-0.15, -0.1) is 10.2 Å². The maximum atomic E-state index is 11.0. The van der Waals surface area contributed by atoms with Crippen LogP contribution in [0.3, 0.4) is 0 Å². The molecule has 0 saturated heterocycles. The molecule has 0 saturated carbocycles. The Morgan fingerprint density at radius 3 is 2.65 bits per heavy atom. The third-order valence-electron chi connectivity index (χ3n) is 5.07. The Balaban J connectivity index is 1.64. The Morgan fingerprint density at radius 2 is 1.84 bits per heavy atom. The van der Waals surface area contributed by atoms with Crippen molar-refractivity contribution in [1.82, 2.24) is 4.57 Å². The third-order valence-corrected chi connectivity index (χ3v) is 5.25. The quantitative estimate of drug-likeness (QED) is 0.292. The van der Waals surface area contributed by atoms with E-state index in [1.165, 1.54) is 0 Å². The zero-order chi connectivity index (χ0) is 21.8. The summed E-state index contributed by atoms with van der Waals surface area (Å²) in [4.78, 5) is 0. The van der Waals surface area contributed by atoms with Crippen molar-refractivity contribution in [2.24, 2.45) is 10.2 Å². The highest BCUT2D eigenvalue weighted by atomic mass is 32.1. The van der Waals surface area contributed by atoms with Crippen molar-refractivity contribution < 1.29 is 9.84 Å². The van der Waals surface area contributed by atoms with Gasteiger partial charge in [-0.1, -0.05) is 48.5 Å². The first-order valence-electron chi connectivity index (χ1n) is 9.78. The zero-order valence-electron chi connectivity index (χ0n) is 17.2. The predicted molar refractivity (Wildman–Crippen MR) is 128 cm³/mol. The highest BCUT2D eigenvalue weighted by molar-refractivity contribution is 7.80. The molecule has 7 heteroatoms. The molecule has 0 atom stereocenters. The summed E-state index contributed by atoms with van der Waals surface area (Å²) in [5.41, 5.74) is 4.29. The summed E-state index contributed by atoms with van der Waals surface area (Å²) in [6.45, 7) is 2.59. The first-order valence-corrected chi connectivity index (χ1v) is 10.2. The number of fused-ring (bicyclic) bond motifs is 1. The number of aromatic nitrogens is 1. The summed E-state index contributed by atoms with van der Waals surface area (Å²) >= 11 is 5.31. The van der Waals surface area contributed by atoms with Crippen molar-refractivity contribution in [2.75, 3.05) is 12.4 Å². The number of nitrogens with one attached hydrogen (secondary N) is 1. The van der Waals surface area contributed by atoms with E-state index >= 15 is 0 Å². The second-order valence-electron chi connectivity index (χ2n) is 7.06. The number of methoxy groups -OCH3 is 1. The number of aryl methyl sites for hydroxylation is 1. The summed E-state index contributed by atoms with van der Waals surface area (Å²) in [6.07, 6.45) is 0. The van der Waals surface area contributed by atoms with Crippen LogP contribution in [0, 0.1) is 6.92 Å². The molecule has 0 spiro atoms. The molecule has 0 amide bonds. The van der Waals surface area contributed by atoms with E-state index in [2.05, 4.69) is 34.6 Å². The molecule has 0 aliphatic carbocycles. The average Bonchev–Trinajstić information content (AvgIpc) is 3.05. The molecule has 4 rings (SSSR count). The molecular weight excluding hydrogens is 408 g/mol. The minimum absolute atomic E-state index is 0.0531. The summed E-state index contributed by atoms with van der Waals surface area (Å²) in [7, 11) is 1.60. The number of ether oxygens (including phenoxy) is 1. The fraction of sp³-hybridized carbons (Fsp3) is 0.125. The number of thiocarbonyl (C=S) groups is 1.